The van der Waals surface area contributed by atoms with Crippen molar-refractivity contribution in [3.8, 4) is 0 Å². The fourth-order valence-electron chi connectivity index (χ4n) is 2.03. The third-order valence-electron chi connectivity index (χ3n) is 2.90. The molecule has 0 saturated carbocycles. The number of nitrogens with two attached hydrogens (primary N) is 1. The molecule has 86 valence electrons. The Morgan fingerprint density at radius 3 is 3.00 bits per heavy atom. The minimum absolute atomic E-state index is 0.0748. The number of hydrogen-bond donors (Lipinski definition) is 1. The van der Waals surface area contributed by atoms with Crippen LogP contribution < -0.4 is 5.73 Å². The van der Waals surface area contributed by atoms with E-state index in [1.165, 1.54) is 6.07 Å². The zero-order chi connectivity index (χ0) is 11.5. The number of hydrogen-bond acceptors (Lipinski definition) is 2. The molecule has 0 saturated heterocycles. The molecule has 0 spiro atoms. The van der Waals surface area contributed by atoms with E-state index in [1.54, 1.807) is 17.0 Å². The highest BCUT2D eigenvalue weighted by Crippen LogP contribution is 2.21. The quantitative estimate of drug-likeness (QED) is 0.834. The maximum Gasteiger partial charge on any atom is 0.254 e. The van der Waals surface area contributed by atoms with Crippen LogP contribution in [0.5, 0.6) is 0 Å². The van der Waals surface area contributed by atoms with Crippen LogP contribution in [0.25, 0.3) is 0 Å². The van der Waals surface area contributed by atoms with Crippen LogP contribution in [-0.4, -0.2) is 30.4 Å². The molecule has 0 bridgehead atoms. The second kappa shape index (κ2) is 4.61. The van der Waals surface area contributed by atoms with E-state index in [-0.39, 0.29) is 11.7 Å². The van der Waals surface area contributed by atoms with Crippen LogP contribution in [0.4, 0.5) is 4.39 Å². The van der Waals surface area contributed by atoms with Crippen LogP contribution in [0.15, 0.2) is 18.2 Å². The summed E-state index contributed by atoms with van der Waals surface area (Å²) in [5.74, 6) is -0.349. The minimum Gasteiger partial charge on any atom is -0.338 e. The summed E-state index contributed by atoms with van der Waals surface area (Å²) in [4.78, 5) is 13.7. The Morgan fingerprint density at radius 2 is 2.25 bits per heavy atom. The summed E-state index contributed by atoms with van der Waals surface area (Å²) in [6, 6.07) is 4.68. The van der Waals surface area contributed by atoms with E-state index in [4.69, 9.17) is 5.73 Å². The van der Waals surface area contributed by atoms with Crippen molar-refractivity contribution < 1.29 is 9.18 Å². The molecular formula is C12H15FN2O. The van der Waals surface area contributed by atoms with Gasteiger partial charge in [0.25, 0.3) is 5.91 Å². The minimum atomic E-state index is -0.274. The van der Waals surface area contributed by atoms with Gasteiger partial charge in [-0.25, -0.2) is 4.39 Å². The van der Waals surface area contributed by atoms with Gasteiger partial charge in [0.15, 0.2) is 0 Å². The van der Waals surface area contributed by atoms with Crippen molar-refractivity contribution in [1.29, 1.82) is 0 Å². The molecule has 2 N–H and O–H groups in total. The van der Waals surface area contributed by atoms with Gasteiger partial charge in [0.05, 0.1) is 0 Å². The highest BCUT2D eigenvalue weighted by molar-refractivity contribution is 5.96. The summed E-state index contributed by atoms with van der Waals surface area (Å²) in [6.07, 6.45) is 1.38. The van der Waals surface area contributed by atoms with Gasteiger partial charge in [0.2, 0.25) is 0 Å². The number of benzene rings is 1. The first-order valence-electron chi connectivity index (χ1n) is 5.50. The molecule has 3 nitrogen and oxygen atoms in total. The van der Waals surface area contributed by atoms with E-state index < -0.39 is 0 Å². The molecule has 0 unspecified atom stereocenters. The topological polar surface area (TPSA) is 46.3 Å². The van der Waals surface area contributed by atoms with Crippen LogP contribution in [-0.2, 0) is 6.42 Å². The standard InChI is InChI=1S/C12H15FN2O/c13-11-4-1-3-10-9(11)5-8-15(12(10)16)7-2-6-14/h1,3-4H,2,5-8,14H2. The molecule has 0 radical (unpaired) electrons. The second-order valence-electron chi connectivity index (χ2n) is 3.95. The Labute approximate surface area is 94.0 Å². The molecule has 0 atom stereocenters. The summed E-state index contributed by atoms with van der Waals surface area (Å²) >= 11 is 0. The summed E-state index contributed by atoms with van der Waals surface area (Å²) in [6.45, 7) is 1.82. The van der Waals surface area contributed by atoms with Gasteiger partial charge >= 0.3 is 0 Å². The van der Waals surface area contributed by atoms with Crippen molar-refractivity contribution in [3.63, 3.8) is 0 Å². The average Bonchev–Trinajstić information content (AvgIpc) is 2.29. The molecule has 1 aliphatic heterocycles. The van der Waals surface area contributed by atoms with Crippen molar-refractivity contribution >= 4 is 5.91 Å². The Balaban J connectivity index is 2.22. The predicted molar refractivity (Wildman–Crippen MR) is 59.7 cm³/mol. The fraction of sp³-hybridized carbons (Fsp3) is 0.417. The van der Waals surface area contributed by atoms with Crippen LogP contribution in [0.1, 0.15) is 22.3 Å². The number of nitrogens with zero attached hydrogens (tertiary/aromatic N) is 1. The number of carbonyl (C=O) groups is 1. The van der Waals surface area contributed by atoms with Crippen molar-refractivity contribution in [2.24, 2.45) is 5.73 Å². The molecule has 16 heavy (non-hydrogen) atoms. The third kappa shape index (κ3) is 1.93. The van der Waals surface area contributed by atoms with Gasteiger partial charge in [-0.3, -0.25) is 4.79 Å². The van der Waals surface area contributed by atoms with Gasteiger partial charge < -0.3 is 10.6 Å². The Morgan fingerprint density at radius 1 is 1.44 bits per heavy atom. The van der Waals surface area contributed by atoms with E-state index in [1.807, 2.05) is 0 Å². The Hall–Kier alpha value is -1.42. The van der Waals surface area contributed by atoms with E-state index in [0.29, 0.717) is 37.2 Å². The lowest BCUT2D eigenvalue weighted by molar-refractivity contribution is 0.0737. The molecule has 0 aliphatic carbocycles. The van der Waals surface area contributed by atoms with Crippen LogP contribution in [0.3, 0.4) is 0 Å². The van der Waals surface area contributed by atoms with Crippen molar-refractivity contribution in [3.05, 3.63) is 35.1 Å². The highest BCUT2D eigenvalue weighted by atomic mass is 19.1. The molecule has 0 aromatic heterocycles. The van der Waals surface area contributed by atoms with Gasteiger partial charge in [-0.2, -0.15) is 0 Å². The lowest BCUT2D eigenvalue weighted by Gasteiger charge is -2.28. The first kappa shape index (κ1) is 11.1. The zero-order valence-electron chi connectivity index (χ0n) is 9.08. The molecule has 1 heterocycles. The number of amides is 1. The maximum atomic E-state index is 13.4. The first-order chi connectivity index (χ1) is 7.74. The first-order valence-corrected chi connectivity index (χ1v) is 5.50. The number of halogens is 1. The van der Waals surface area contributed by atoms with E-state index in [2.05, 4.69) is 0 Å². The summed E-state index contributed by atoms with van der Waals surface area (Å²) in [5, 5.41) is 0. The van der Waals surface area contributed by atoms with Gasteiger partial charge in [0.1, 0.15) is 5.82 Å². The van der Waals surface area contributed by atoms with E-state index in [0.717, 1.165) is 6.42 Å². The van der Waals surface area contributed by atoms with Crippen LogP contribution in [0.2, 0.25) is 0 Å². The number of carbonyl (C=O) groups excluding carboxylic acids is 1. The summed E-state index contributed by atoms with van der Waals surface area (Å²) in [5.41, 5.74) is 6.47. The summed E-state index contributed by atoms with van der Waals surface area (Å²) < 4.78 is 13.4. The lowest BCUT2D eigenvalue weighted by Crippen LogP contribution is -2.39. The molecule has 2 rings (SSSR count). The average molecular weight is 222 g/mol. The Kier molecular flexibility index (Phi) is 3.19. The zero-order valence-corrected chi connectivity index (χ0v) is 9.08. The van der Waals surface area contributed by atoms with Gasteiger partial charge in [-0.15, -0.1) is 0 Å². The van der Waals surface area contributed by atoms with Crippen LogP contribution >= 0.6 is 0 Å². The summed E-state index contributed by atoms with van der Waals surface area (Å²) in [7, 11) is 0. The van der Waals surface area contributed by atoms with Crippen molar-refractivity contribution in [2.75, 3.05) is 19.6 Å². The smallest absolute Gasteiger partial charge is 0.254 e. The monoisotopic (exact) mass is 222 g/mol. The van der Waals surface area contributed by atoms with E-state index in [9.17, 15) is 9.18 Å². The second-order valence-corrected chi connectivity index (χ2v) is 3.95. The lowest BCUT2D eigenvalue weighted by atomic mass is 9.98. The molecule has 1 aromatic carbocycles. The highest BCUT2D eigenvalue weighted by Gasteiger charge is 2.25. The largest absolute Gasteiger partial charge is 0.338 e. The van der Waals surface area contributed by atoms with Crippen LogP contribution in [0, 0.1) is 5.82 Å². The molecular weight excluding hydrogens is 207 g/mol. The van der Waals surface area contributed by atoms with E-state index >= 15 is 0 Å². The molecule has 1 aliphatic rings. The van der Waals surface area contributed by atoms with Gasteiger partial charge in [0, 0.05) is 24.2 Å². The third-order valence-corrected chi connectivity index (χ3v) is 2.90. The molecule has 1 amide bonds. The Bertz CT molecular complexity index is 406. The maximum absolute atomic E-state index is 13.4. The number of fused-ring (bicyclic) bond motifs is 1. The molecule has 4 heteroatoms. The molecule has 1 aromatic rings. The predicted octanol–water partition coefficient (Wildman–Crippen LogP) is 1.17. The number of rotatable bonds is 3. The van der Waals surface area contributed by atoms with Crippen molar-refractivity contribution in [2.45, 2.75) is 12.8 Å². The van der Waals surface area contributed by atoms with Gasteiger partial charge in [-0.1, -0.05) is 6.07 Å². The normalized spacial score (nSPS) is 15.1. The van der Waals surface area contributed by atoms with Gasteiger partial charge in [-0.05, 0) is 31.5 Å². The SMILES string of the molecule is NCCCN1CCc2c(F)cccc2C1=O. The fourth-order valence-corrected chi connectivity index (χ4v) is 2.03. The van der Waals surface area contributed by atoms with Crippen molar-refractivity contribution in [1.82, 2.24) is 4.90 Å². The molecule has 0 fully saturated rings.